The van der Waals surface area contributed by atoms with Crippen molar-refractivity contribution in [3.05, 3.63) is 63.6 Å². The summed E-state index contributed by atoms with van der Waals surface area (Å²) in [5.74, 6) is -0.255. The first-order chi connectivity index (χ1) is 10.0. The molecule has 0 amide bonds. The monoisotopic (exact) mass is 288 g/mol. The summed E-state index contributed by atoms with van der Waals surface area (Å²) in [6.45, 7) is 0.888. The van der Waals surface area contributed by atoms with Crippen molar-refractivity contribution in [1.29, 1.82) is 0 Å². The van der Waals surface area contributed by atoms with E-state index in [1.54, 1.807) is 11.6 Å². The molecule has 0 aliphatic rings. The molecule has 0 spiro atoms. The highest BCUT2D eigenvalue weighted by atomic mass is 16.3. The molecule has 5 heteroatoms. The van der Waals surface area contributed by atoms with Gasteiger partial charge in [-0.15, -0.1) is 0 Å². The molecule has 1 aromatic heterocycles. The SMILES string of the molecule is CN(Cc1ccccc1)Cc1c(O)c(=O)cc(CO)n1C. The van der Waals surface area contributed by atoms with Crippen molar-refractivity contribution in [3.8, 4) is 5.75 Å². The van der Waals surface area contributed by atoms with E-state index in [-0.39, 0.29) is 12.4 Å². The fraction of sp³-hybridized carbons (Fsp3) is 0.312. The Hall–Kier alpha value is -2.11. The van der Waals surface area contributed by atoms with Crippen molar-refractivity contribution in [2.45, 2.75) is 19.7 Å². The lowest BCUT2D eigenvalue weighted by molar-refractivity contribution is 0.264. The molecule has 0 radical (unpaired) electrons. The maximum Gasteiger partial charge on any atom is 0.223 e. The van der Waals surface area contributed by atoms with Gasteiger partial charge >= 0.3 is 0 Å². The van der Waals surface area contributed by atoms with Crippen LogP contribution in [0, 0.1) is 0 Å². The van der Waals surface area contributed by atoms with Gasteiger partial charge in [0.1, 0.15) is 0 Å². The van der Waals surface area contributed by atoms with Gasteiger partial charge in [-0.25, -0.2) is 0 Å². The number of rotatable bonds is 5. The molecule has 21 heavy (non-hydrogen) atoms. The van der Waals surface area contributed by atoms with Crippen molar-refractivity contribution in [1.82, 2.24) is 9.47 Å². The predicted octanol–water partition coefficient (Wildman–Crippen LogP) is 1.22. The third-order valence-electron chi connectivity index (χ3n) is 3.52. The summed E-state index contributed by atoms with van der Waals surface area (Å²) >= 11 is 0. The minimum Gasteiger partial charge on any atom is -0.503 e. The van der Waals surface area contributed by atoms with E-state index in [0.717, 1.165) is 5.56 Å². The van der Waals surface area contributed by atoms with Crippen molar-refractivity contribution >= 4 is 0 Å². The van der Waals surface area contributed by atoms with E-state index < -0.39 is 5.43 Å². The van der Waals surface area contributed by atoms with Crippen LogP contribution in [0.5, 0.6) is 5.75 Å². The van der Waals surface area contributed by atoms with Crippen LogP contribution < -0.4 is 5.43 Å². The van der Waals surface area contributed by atoms with Gasteiger partial charge in [-0.3, -0.25) is 9.69 Å². The lowest BCUT2D eigenvalue weighted by atomic mass is 10.2. The number of aromatic nitrogens is 1. The van der Waals surface area contributed by atoms with Crippen molar-refractivity contribution < 1.29 is 10.2 Å². The fourth-order valence-electron chi connectivity index (χ4n) is 2.33. The summed E-state index contributed by atoms with van der Waals surface area (Å²) in [5, 5.41) is 19.2. The number of aliphatic hydroxyl groups excluding tert-OH is 1. The van der Waals surface area contributed by atoms with Gasteiger partial charge in [-0.1, -0.05) is 30.3 Å². The van der Waals surface area contributed by atoms with E-state index >= 15 is 0 Å². The molecule has 0 aliphatic heterocycles. The summed E-state index contributed by atoms with van der Waals surface area (Å²) < 4.78 is 1.66. The lowest BCUT2D eigenvalue weighted by Gasteiger charge is -2.21. The average Bonchev–Trinajstić information content (AvgIpc) is 2.48. The summed E-state index contributed by atoms with van der Waals surface area (Å²) in [7, 11) is 3.65. The van der Waals surface area contributed by atoms with Crippen LogP contribution in [0.15, 0.2) is 41.2 Å². The molecule has 0 saturated carbocycles. The molecule has 2 N–H and O–H groups in total. The van der Waals surface area contributed by atoms with Gasteiger partial charge in [-0.2, -0.15) is 0 Å². The number of aromatic hydroxyl groups is 1. The van der Waals surface area contributed by atoms with Gasteiger partial charge in [0.15, 0.2) is 5.75 Å². The molecule has 2 rings (SSSR count). The zero-order chi connectivity index (χ0) is 15.4. The van der Waals surface area contributed by atoms with E-state index in [1.165, 1.54) is 6.07 Å². The summed E-state index contributed by atoms with van der Waals surface area (Å²) in [6.07, 6.45) is 0. The lowest BCUT2D eigenvalue weighted by Crippen LogP contribution is -2.23. The van der Waals surface area contributed by atoms with Gasteiger partial charge in [0, 0.05) is 31.9 Å². The number of benzene rings is 1. The predicted molar refractivity (Wildman–Crippen MR) is 80.9 cm³/mol. The molecule has 2 aromatic rings. The molecular formula is C16H20N2O3. The first kappa shape index (κ1) is 15.3. The van der Waals surface area contributed by atoms with Crippen molar-refractivity contribution in [3.63, 3.8) is 0 Å². The number of aliphatic hydroxyl groups is 1. The third kappa shape index (κ3) is 3.51. The zero-order valence-electron chi connectivity index (χ0n) is 12.3. The van der Waals surface area contributed by atoms with E-state index in [4.69, 9.17) is 0 Å². The Balaban J connectivity index is 2.23. The van der Waals surface area contributed by atoms with Crippen LogP contribution >= 0.6 is 0 Å². The van der Waals surface area contributed by atoms with Gasteiger partial charge in [-0.05, 0) is 12.6 Å². The average molecular weight is 288 g/mol. The summed E-state index contributed by atoms with van der Waals surface area (Å²) in [4.78, 5) is 13.7. The van der Waals surface area contributed by atoms with Crippen molar-refractivity contribution in [2.75, 3.05) is 7.05 Å². The summed E-state index contributed by atoms with van der Waals surface area (Å²) in [5.41, 5.74) is 1.69. The van der Waals surface area contributed by atoms with Crippen molar-refractivity contribution in [2.24, 2.45) is 7.05 Å². The molecule has 1 aromatic carbocycles. The van der Waals surface area contributed by atoms with Crippen LogP contribution in [0.2, 0.25) is 0 Å². The molecule has 0 aliphatic carbocycles. The Morgan fingerprint density at radius 2 is 1.86 bits per heavy atom. The highest BCUT2D eigenvalue weighted by molar-refractivity contribution is 5.29. The van der Waals surface area contributed by atoms with E-state index in [0.29, 0.717) is 24.5 Å². The smallest absolute Gasteiger partial charge is 0.223 e. The molecule has 0 saturated heterocycles. The molecule has 5 nitrogen and oxygen atoms in total. The first-order valence-electron chi connectivity index (χ1n) is 6.77. The largest absolute Gasteiger partial charge is 0.503 e. The third-order valence-corrected chi connectivity index (χ3v) is 3.52. The second-order valence-electron chi connectivity index (χ2n) is 5.17. The Bertz CT molecular complexity index is 665. The van der Waals surface area contributed by atoms with Gasteiger partial charge < -0.3 is 14.8 Å². The second-order valence-corrected chi connectivity index (χ2v) is 5.17. The number of hydrogen-bond donors (Lipinski definition) is 2. The number of pyridine rings is 1. The Kier molecular flexibility index (Phi) is 4.77. The van der Waals surface area contributed by atoms with E-state index in [9.17, 15) is 15.0 Å². The Morgan fingerprint density at radius 1 is 1.19 bits per heavy atom. The van der Waals surface area contributed by atoms with Crippen LogP contribution in [-0.2, 0) is 26.7 Å². The normalized spacial score (nSPS) is 11.0. The van der Waals surface area contributed by atoms with Crippen LogP contribution in [0.3, 0.4) is 0 Å². The van der Waals surface area contributed by atoms with Gasteiger partial charge in [0.05, 0.1) is 12.3 Å². The molecule has 112 valence electrons. The van der Waals surface area contributed by atoms with Crippen LogP contribution in [0.4, 0.5) is 0 Å². The minimum absolute atomic E-state index is 0.235. The maximum absolute atomic E-state index is 11.7. The zero-order valence-corrected chi connectivity index (χ0v) is 12.3. The minimum atomic E-state index is -0.458. The fourth-order valence-corrected chi connectivity index (χ4v) is 2.33. The Labute approximate surface area is 123 Å². The van der Waals surface area contributed by atoms with Gasteiger partial charge in [0.2, 0.25) is 5.43 Å². The standard InChI is InChI=1S/C16H20N2O3/c1-17(9-12-6-4-3-5-7-12)10-14-16(21)15(20)8-13(11-19)18(14)2/h3-8,19,21H,9-11H2,1-2H3. The molecule has 0 bridgehead atoms. The quantitative estimate of drug-likeness (QED) is 0.868. The first-order valence-corrected chi connectivity index (χ1v) is 6.77. The van der Waals surface area contributed by atoms with Crippen LogP contribution in [-0.4, -0.2) is 26.7 Å². The second kappa shape index (κ2) is 6.56. The highest BCUT2D eigenvalue weighted by Crippen LogP contribution is 2.16. The van der Waals surface area contributed by atoms with Crippen LogP contribution in [0.25, 0.3) is 0 Å². The Morgan fingerprint density at radius 3 is 2.48 bits per heavy atom. The summed E-state index contributed by atoms with van der Waals surface area (Å²) in [6, 6.07) is 11.2. The maximum atomic E-state index is 11.7. The molecular weight excluding hydrogens is 268 g/mol. The molecule has 0 atom stereocenters. The molecule has 0 unspecified atom stereocenters. The molecule has 0 fully saturated rings. The van der Waals surface area contributed by atoms with E-state index in [1.807, 2.05) is 42.3 Å². The van der Waals surface area contributed by atoms with E-state index in [2.05, 4.69) is 0 Å². The number of hydrogen-bond acceptors (Lipinski definition) is 4. The van der Waals surface area contributed by atoms with Crippen LogP contribution in [0.1, 0.15) is 17.0 Å². The molecule has 1 heterocycles. The number of nitrogens with zero attached hydrogens (tertiary/aromatic N) is 2. The topological polar surface area (TPSA) is 65.7 Å². The van der Waals surface area contributed by atoms with Gasteiger partial charge in [0.25, 0.3) is 0 Å². The highest BCUT2D eigenvalue weighted by Gasteiger charge is 2.14.